The first-order valence-electron chi connectivity index (χ1n) is 6.84. The fraction of sp³-hybridized carbons (Fsp3) is 0.333. The average Bonchev–Trinajstić information content (AvgIpc) is 3.12. The lowest BCUT2D eigenvalue weighted by Crippen LogP contribution is -2.38. The Morgan fingerprint density at radius 3 is 2.52 bits per heavy atom. The number of carbonyl (C=O) groups is 1. The molecule has 2 amide bonds. The summed E-state index contributed by atoms with van der Waals surface area (Å²) in [4.78, 5) is 12.2. The van der Waals surface area contributed by atoms with Crippen molar-refractivity contribution in [1.29, 1.82) is 0 Å². The van der Waals surface area contributed by atoms with Crippen molar-refractivity contribution in [2.45, 2.75) is 25.3 Å². The number of halogens is 1. The molecule has 3 rings (SSSR count). The summed E-state index contributed by atoms with van der Waals surface area (Å²) in [6.45, 7) is 1.90. The number of anilines is 1. The lowest BCUT2D eigenvalue weighted by Gasteiger charge is -2.18. The molecule has 110 valence electrons. The van der Waals surface area contributed by atoms with Gasteiger partial charge < -0.3 is 5.32 Å². The highest BCUT2D eigenvalue weighted by atomic mass is 79.9. The molecule has 6 heteroatoms. The van der Waals surface area contributed by atoms with Crippen LogP contribution in [0.3, 0.4) is 0 Å². The maximum atomic E-state index is 12.2. The van der Waals surface area contributed by atoms with Crippen LogP contribution in [0.25, 0.3) is 0 Å². The minimum atomic E-state index is -0.224. The molecule has 0 saturated heterocycles. The van der Waals surface area contributed by atoms with Crippen molar-refractivity contribution in [2.24, 2.45) is 7.05 Å². The zero-order chi connectivity index (χ0) is 15.0. The van der Waals surface area contributed by atoms with Gasteiger partial charge in [0.15, 0.2) is 0 Å². The lowest BCUT2D eigenvalue weighted by molar-refractivity contribution is 0.247. The van der Waals surface area contributed by atoms with Gasteiger partial charge in [0.25, 0.3) is 0 Å². The standard InChI is InChI=1S/C15H17BrN4O/c1-10-9-13(20(2)19-10)17-14(21)18-15(7-8-15)11-3-5-12(16)6-4-11/h3-6,9H,7-8H2,1-2H3,(H2,17,18,21). The Morgan fingerprint density at radius 2 is 2.00 bits per heavy atom. The Hall–Kier alpha value is -1.82. The average molecular weight is 349 g/mol. The maximum absolute atomic E-state index is 12.2. The van der Waals surface area contributed by atoms with Crippen LogP contribution in [0.1, 0.15) is 24.1 Å². The van der Waals surface area contributed by atoms with Gasteiger partial charge in [0.05, 0.1) is 11.2 Å². The van der Waals surface area contributed by atoms with E-state index in [1.165, 1.54) is 0 Å². The number of rotatable bonds is 3. The molecule has 2 aromatic rings. The van der Waals surface area contributed by atoms with Gasteiger partial charge in [-0.2, -0.15) is 5.10 Å². The summed E-state index contributed by atoms with van der Waals surface area (Å²) in [7, 11) is 1.81. The lowest BCUT2D eigenvalue weighted by atomic mass is 10.1. The van der Waals surface area contributed by atoms with Crippen LogP contribution in [0.4, 0.5) is 10.6 Å². The molecular weight excluding hydrogens is 332 g/mol. The fourth-order valence-corrected chi connectivity index (χ4v) is 2.74. The number of nitrogens with one attached hydrogen (secondary N) is 2. The van der Waals surface area contributed by atoms with Crippen molar-refractivity contribution in [3.05, 3.63) is 46.1 Å². The van der Waals surface area contributed by atoms with Crippen molar-refractivity contribution in [3.8, 4) is 0 Å². The number of hydrogen-bond acceptors (Lipinski definition) is 2. The molecule has 1 aliphatic carbocycles. The van der Waals surface area contributed by atoms with Gasteiger partial charge in [-0.25, -0.2) is 4.79 Å². The van der Waals surface area contributed by atoms with Gasteiger partial charge in [-0.15, -0.1) is 0 Å². The quantitative estimate of drug-likeness (QED) is 0.893. The van der Waals surface area contributed by atoms with Crippen molar-refractivity contribution >= 4 is 27.8 Å². The Morgan fingerprint density at radius 1 is 1.33 bits per heavy atom. The predicted molar refractivity (Wildman–Crippen MR) is 85.2 cm³/mol. The SMILES string of the molecule is Cc1cc(NC(=O)NC2(c3ccc(Br)cc3)CC2)n(C)n1. The van der Waals surface area contributed by atoms with E-state index in [0.29, 0.717) is 5.82 Å². The number of nitrogens with zero attached hydrogens (tertiary/aromatic N) is 2. The second kappa shape index (κ2) is 5.18. The second-order valence-electron chi connectivity index (χ2n) is 5.46. The summed E-state index contributed by atoms with van der Waals surface area (Å²) >= 11 is 3.43. The van der Waals surface area contributed by atoms with Crippen LogP contribution in [0.2, 0.25) is 0 Å². The molecule has 1 aliphatic rings. The van der Waals surface area contributed by atoms with E-state index in [4.69, 9.17) is 0 Å². The number of urea groups is 1. The minimum absolute atomic E-state index is 0.196. The Bertz CT molecular complexity index is 673. The van der Waals surface area contributed by atoms with E-state index < -0.39 is 0 Å². The number of aromatic nitrogens is 2. The van der Waals surface area contributed by atoms with Crippen molar-refractivity contribution in [3.63, 3.8) is 0 Å². The summed E-state index contributed by atoms with van der Waals surface area (Å²) in [6, 6.07) is 9.74. The van der Waals surface area contributed by atoms with Crippen LogP contribution in [0.15, 0.2) is 34.8 Å². The molecule has 1 heterocycles. The number of carbonyl (C=O) groups excluding carboxylic acids is 1. The van der Waals surface area contributed by atoms with Crippen LogP contribution >= 0.6 is 15.9 Å². The first-order chi connectivity index (χ1) is 9.98. The molecule has 1 fully saturated rings. The Balaban J connectivity index is 1.70. The molecule has 1 aromatic heterocycles. The Kier molecular flexibility index (Phi) is 3.49. The molecule has 1 aromatic carbocycles. The van der Waals surface area contributed by atoms with Gasteiger partial charge in [0.1, 0.15) is 5.82 Å². The van der Waals surface area contributed by atoms with E-state index in [1.54, 1.807) is 4.68 Å². The van der Waals surface area contributed by atoms with Crippen molar-refractivity contribution in [2.75, 3.05) is 5.32 Å². The zero-order valence-electron chi connectivity index (χ0n) is 12.0. The van der Waals surface area contributed by atoms with Gasteiger partial charge in [-0.3, -0.25) is 10.00 Å². The van der Waals surface area contributed by atoms with E-state index in [0.717, 1.165) is 28.6 Å². The second-order valence-corrected chi connectivity index (χ2v) is 6.38. The van der Waals surface area contributed by atoms with Crippen molar-refractivity contribution in [1.82, 2.24) is 15.1 Å². The van der Waals surface area contributed by atoms with Crippen LogP contribution < -0.4 is 10.6 Å². The highest BCUT2D eigenvalue weighted by Crippen LogP contribution is 2.45. The summed E-state index contributed by atoms with van der Waals surface area (Å²) in [5, 5.41) is 10.1. The third kappa shape index (κ3) is 2.95. The summed E-state index contributed by atoms with van der Waals surface area (Å²) in [6.07, 6.45) is 1.93. The van der Waals surface area contributed by atoms with Crippen LogP contribution in [0.5, 0.6) is 0 Å². The van der Waals surface area contributed by atoms with Crippen LogP contribution in [-0.2, 0) is 12.6 Å². The third-order valence-electron chi connectivity index (χ3n) is 3.74. The molecule has 1 saturated carbocycles. The molecule has 21 heavy (non-hydrogen) atoms. The van der Waals surface area contributed by atoms with E-state index in [2.05, 4.69) is 31.7 Å². The van der Waals surface area contributed by atoms with Gasteiger partial charge in [0.2, 0.25) is 0 Å². The van der Waals surface area contributed by atoms with E-state index in [1.807, 2.05) is 44.3 Å². The van der Waals surface area contributed by atoms with Gasteiger partial charge in [-0.1, -0.05) is 28.1 Å². The highest BCUT2D eigenvalue weighted by molar-refractivity contribution is 9.10. The summed E-state index contributed by atoms with van der Waals surface area (Å²) < 4.78 is 2.70. The van der Waals surface area contributed by atoms with E-state index in [-0.39, 0.29) is 11.6 Å². The van der Waals surface area contributed by atoms with Gasteiger partial charge in [0, 0.05) is 17.6 Å². The summed E-state index contributed by atoms with van der Waals surface area (Å²) in [5.41, 5.74) is 1.79. The first kappa shape index (κ1) is 14.1. The minimum Gasteiger partial charge on any atom is -0.328 e. The number of hydrogen-bond donors (Lipinski definition) is 2. The molecule has 0 spiro atoms. The van der Waals surface area contributed by atoms with Gasteiger partial charge >= 0.3 is 6.03 Å². The van der Waals surface area contributed by atoms with E-state index in [9.17, 15) is 4.79 Å². The maximum Gasteiger partial charge on any atom is 0.321 e. The smallest absolute Gasteiger partial charge is 0.321 e. The van der Waals surface area contributed by atoms with Crippen molar-refractivity contribution < 1.29 is 4.79 Å². The molecule has 0 unspecified atom stereocenters. The molecule has 0 atom stereocenters. The zero-order valence-corrected chi connectivity index (χ0v) is 13.6. The number of benzene rings is 1. The van der Waals surface area contributed by atoms with E-state index >= 15 is 0 Å². The highest BCUT2D eigenvalue weighted by Gasteiger charge is 2.45. The fourth-order valence-electron chi connectivity index (χ4n) is 2.47. The molecule has 0 aliphatic heterocycles. The molecule has 2 N–H and O–H groups in total. The molecular formula is C15H17BrN4O. The van der Waals surface area contributed by atoms with Gasteiger partial charge in [-0.05, 0) is 37.5 Å². The molecule has 0 radical (unpaired) electrons. The topological polar surface area (TPSA) is 59.0 Å². The monoisotopic (exact) mass is 348 g/mol. The largest absolute Gasteiger partial charge is 0.328 e. The molecule has 0 bridgehead atoms. The third-order valence-corrected chi connectivity index (χ3v) is 4.27. The normalized spacial score (nSPS) is 15.6. The number of aryl methyl sites for hydroxylation is 2. The van der Waals surface area contributed by atoms with Crippen LogP contribution in [-0.4, -0.2) is 15.8 Å². The predicted octanol–water partition coefficient (Wildman–Crippen LogP) is 3.30. The first-order valence-corrected chi connectivity index (χ1v) is 7.64. The van der Waals surface area contributed by atoms with Crippen LogP contribution in [0, 0.1) is 6.92 Å². The summed E-state index contributed by atoms with van der Waals surface area (Å²) in [5.74, 6) is 0.691. The molecule has 5 nitrogen and oxygen atoms in total. The number of amides is 2. The Labute approximate surface area is 131 Å².